The molecule has 0 bridgehead atoms. The quantitative estimate of drug-likeness (QED) is 0.343. The normalized spacial score (nSPS) is 12.5. The Hall–Kier alpha value is -0.803. The maximum atomic E-state index is 6.45. The van der Waals surface area contributed by atoms with E-state index < -0.39 is 8.56 Å². The molecule has 138 valence electrons. The zero-order valence-corrected chi connectivity index (χ0v) is 18.0. The van der Waals surface area contributed by atoms with Crippen molar-refractivity contribution in [3.63, 3.8) is 0 Å². The lowest BCUT2D eigenvalue weighted by molar-refractivity contribution is 0.239. The van der Waals surface area contributed by atoms with E-state index in [9.17, 15) is 0 Å². The molecule has 0 amide bonds. The van der Waals surface area contributed by atoms with Crippen LogP contribution >= 0.6 is 0 Å². The summed E-state index contributed by atoms with van der Waals surface area (Å²) in [6, 6.07) is 6.43. The van der Waals surface area contributed by atoms with Crippen molar-refractivity contribution in [1.82, 2.24) is 0 Å². The van der Waals surface area contributed by atoms with Crippen LogP contribution in [0.25, 0.3) is 0 Å². The van der Waals surface area contributed by atoms with Gasteiger partial charge in [-0.2, -0.15) is 0 Å². The number of unbranched alkanes of at least 4 members (excludes halogenated alkanes) is 5. The van der Waals surface area contributed by atoms with Crippen LogP contribution in [0.3, 0.4) is 0 Å². The average Bonchev–Trinajstić information content (AvgIpc) is 2.47. The van der Waals surface area contributed by atoms with Crippen LogP contribution in [0.5, 0.6) is 5.75 Å². The van der Waals surface area contributed by atoms with Crippen molar-refractivity contribution in [3.8, 4) is 5.75 Å². The van der Waals surface area contributed by atoms with E-state index in [1.54, 1.807) is 0 Å². The predicted molar refractivity (Wildman–Crippen MR) is 107 cm³/mol. The molecule has 0 aliphatic heterocycles. The number of hydrogen-bond acceptors (Lipinski definition) is 2. The summed E-state index contributed by atoms with van der Waals surface area (Å²) in [5, 5.41) is 0. The van der Waals surface area contributed by atoms with Crippen LogP contribution in [0.4, 0.5) is 0 Å². The molecule has 0 saturated heterocycles. The zero-order valence-electron chi connectivity index (χ0n) is 17.0. The molecule has 0 aromatic heterocycles. The molecule has 0 radical (unpaired) electrons. The highest BCUT2D eigenvalue weighted by Gasteiger charge is 2.30. The van der Waals surface area contributed by atoms with Crippen molar-refractivity contribution in [3.05, 3.63) is 29.3 Å². The topological polar surface area (TPSA) is 18.5 Å². The summed E-state index contributed by atoms with van der Waals surface area (Å²) < 4.78 is 12.6. The molecule has 2 nitrogen and oxygen atoms in total. The number of para-hydroxylation sites is 1. The minimum absolute atomic E-state index is 0.0745. The molecule has 1 aromatic carbocycles. The zero-order chi connectivity index (χ0) is 18.2. The van der Waals surface area contributed by atoms with Gasteiger partial charge in [-0.25, -0.2) is 0 Å². The molecule has 0 aliphatic rings. The van der Waals surface area contributed by atoms with E-state index in [4.69, 9.17) is 8.85 Å². The summed E-state index contributed by atoms with van der Waals surface area (Å²) >= 11 is 0. The van der Waals surface area contributed by atoms with Crippen LogP contribution in [0, 0.1) is 6.92 Å². The second kappa shape index (κ2) is 9.62. The maximum Gasteiger partial charge on any atom is 0.392 e. The second-order valence-electron chi connectivity index (χ2n) is 8.32. The van der Waals surface area contributed by atoms with Gasteiger partial charge in [0.25, 0.3) is 0 Å². The van der Waals surface area contributed by atoms with Gasteiger partial charge in [0.05, 0.1) is 0 Å². The van der Waals surface area contributed by atoms with Crippen LogP contribution in [0.2, 0.25) is 13.1 Å². The van der Waals surface area contributed by atoms with Gasteiger partial charge in [0.15, 0.2) is 0 Å². The first-order valence-corrected chi connectivity index (χ1v) is 12.4. The first kappa shape index (κ1) is 21.2. The molecular weight excluding hydrogens is 312 g/mol. The highest BCUT2D eigenvalue weighted by atomic mass is 28.4. The standard InChI is InChI=1S/C21H38O2Si/c1-8-9-10-11-12-13-17-22-24(6,7)23-20-18(2)15-14-16-19(20)21(3,4)5/h14-16H,8-13,17H2,1-7H3. The van der Waals surface area contributed by atoms with Crippen molar-refractivity contribution in [2.24, 2.45) is 0 Å². The molecule has 0 aliphatic carbocycles. The smallest absolute Gasteiger partial charge is 0.392 e. The van der Waals surface area contributed by atoms with Gasteiger partial charge in [-0.05, 0) is 43.0 Å². The van der Waals surface area contributed by atoms with Crippen LogP contribution in [0.15, 0.2) is 18.2 Å². The maximum absolute atomic E-state index is 6.45. The summed E-state index contributed by atoms with van der Waals surface area (Å²) in [5.41, 5.74) is 2.54. The van der Waals surface area contributed by atoms with Crippen molar-refractivity contribution in [1.29, 1.82) is 0 Å². The lowest BCUT2D eigenvalue weighted by Crippen LogP contribution is -2.39. The van der Waals surface area contributed by atoms with E-state index in [0.717, 1.165) is 18.8 Å². The lowest BCUT2D eigenvalue weighted by Gasteiger charge is -2.30. The highest BCUT2D eigenvalue weighted by Crippen LogP contribution is 2.35. The summed E-state index contributed by atoms with van der Waals surface area (Å²) in [4.78, 5) is 0. The molecule has 24 heavy (non-hydrogen) atoms. The van der Waals surface area contributed by atoms with Gasteiger partial charge >= 0.3 is 8.56 Å². The minimum Gasteiger partial charge on any atom is -0.520 e. The average molecular weight is 351 g/mol. The third-order valence-electron chi connectivity index (χ3n) is 4.32. The predicted octanol–water partition coefficient (Wildman–Crippen LogP) is 6.75. The Labute approximate surface area is 151 Å². The van der Waals surface area contributed by atoms with Crippen molar-refractivity contribution >= 4 is 8.56 Å². The third kappa shape index (κ3) is 7.39. The third-order valence-corrected chi connectivity index (χ3v) is 5.91. The fourth-order valence-corrected chi connectivity index (χ4v) is 4.31. The van der Waals surface area contributed by atoms with Crippen LogP contribution in [-0.2, 0) is 9.84 Å². The van der Waals surface area contributed by atoms with E-state index in [-0.39, 0.29) is 5.41 Å². The monoisotopic (exact) mass is 350 g/mol. The molecule has 0 atom stereocenters. The SMILES string of the molecule is CCCCCCCCO[Si](C)(C)Oc1c(C)cccc1C(C)(C)C. The summed E-state index contributed by atoms with van der Waals surface area (Å²) in [6.45, 7) is 16.2. The summed E-state index contributed by atoms with van der Waals surface area (Å²) in [5.74, 6) is 1.03. The second-order valence-corrected chi connectivity index (χ2v) is 11.6. The minimum atomic E-state index is -2.16. The molecule has 1 rings (SSSR count). The first-order chi connectivity index (χ1) is 11.2. The van der Waals surface area contributed by atoms with Gasteiger partial charge in [-0.15, -0.1) is 0 Å². The van der Waals surface area contributed by atoms with Gasteiger partial charge in [-0.3, -0.25) is 0 Å². The van der Waals surface area contributed by atoms with E-state index in [1.807, 2.05) is 0 Å². The Balaban J connectivity index is 2.58. The number of rotatable bonds is 10. The van der Waals surface area contributed by atoms with Crippen molar-refractivity contribution in [2.45, 2.75) is 91.7 Å². The van der Waals surface area contributed by atoms with Gasteiger partial charge in [0.1, 0.15) is 5.75 Å². The van der Waals surface area contributed by atoms with E-state index in [1.165, 1.54) is 43.2 Å². The molecule has 3 heteroatoms. The molecule has 0 fully saturated rings. The first-order valence-electron chi connectivity index (χ1n) is 9.60. The van der Waals surface area contributed by atoms with Gasteiger partial charge in [0.2, 0.25) is 0 Å². The van der Waals surface area contributed by atoms with E-state index in [0.29, 0.717) is 0 Å². The molecule has 0 spiro atoms. The number of hydrogen-bond donors (Lipinski definition) is 0. The summed E-state index contributed by atoms with van der Waals surface area (Å²) in [6.07, 6.45) is 7.74. The van der Waals surface area contributed by atoms with Crippen LogP contribution in [0.1, 0.15) is 77.3 Å². The highest BCUT2D eigenvalue weighted by molar-refractivity contribution is 6.65. The molecular formula is C21H38O2Si. The van der Waals surface area contributed by atoms with E-state index in [2.05, 4.69) is 65.9 Å². The van der Waals surface area contributed by atoms with E-state index >= 15 is 0 Å². The molecule has 0 N–H and O–H groups in total. The number of aryl methyl sites for hydroxylation is 1. The molecule has 1 aromatic rings. The molecule has 0 heterocycles. The fourth-order valence-electron chi connectivity index (χ4n) is 2.85. The number of benzene rings is 1. The molecule has 0 saturated carbocycles. The Morgan fingerprint density at radius 2 is 1.58 bits per heavy atom. The van der Waals surface area contributed by atoms with Crippen LogP contribution in [-0.4, -0.2) is 15.2 Å². The van der Waals surface area contributed by atoms with Gasteiger partial charge in [-0.1, -0.05) is 78.0 Å². The fraction of sp³-hybridized carbons (Fsp3) is 0.714. The lowest BCUT2D eigenvalue weighted by atomic mass is 9.85. The summed E-state index contributed by atoms with van der Waals surface area (Å²) in [7, 11) is -2.16. The van der Waals surface area contributed by atoms with Gasteiger partial charge in [0, 0.05) is 6.61 Å². The Morgan fingerprint density at radius 3 is 2.21 bits per heavy atom. The van der Waals surface area contributed by atoms with Gasteiger partial charge < -0.3 is 8.85 Å². The Kier molecular flexibility index (Phi) is 8.51. The Bertz CT molecular complexity index is 489. The largest absolute Gasteiger partial charge is 0.520 e. The van der Waals surface area contributed by atoms with Crippen LogP contribution < -0.4 is 4.43 Å². The van der Waals surface area contributed by atoms with Crippen molar-refractivity contribution in [2.75, 3.05) is 6.61 Å². The van der Waals surface area contributed by atoms with Crippen molar-refractivity contribution < 1.29 is 8.85 Å². The Morgan fingerprint density at radius 1 is 0.958 bits per heavy atom. The molecule has 0 unspecified atom stereocenters.